The zero-order valence-corrected chi connectivity index (χ0v) is 21.9. The molecule has 0 fully saturated rings. The Morgan fingerprint density at radius 3 is 2.23 bits per heavy atom. The normalized spacial score (nSPS) is 13.4. The lowest BCUT2D eigenvalue weighted by molar-refractivity contribution is -0.138. The third-order valence-corrected chi connectivity index (χ3v) is 6.21. The Morgan fingerprint density at radius 2 is 1.56 bits per heavy atom. The van der Waals surface area contributed by atoms with Crippen LogP contribution in [0.1, 0.15) is 31.4 Å². The van der Waals surface area contributed by atoms with E-state index in [0.717, 1.165) is 16.5 Å². The van der Waals surface area contributed by atoms with Gasteiger partial charge in [-0.3, -0.25) is 19.2 Å². The van der Waals surface area contributed by atoms with Gasteiger partial charge in [-0.2, -0.15) is 0 Å². The summed E-state index contributed by atoms with van der Waals surface area (Å²) in [7, 11) is 0. The molecule has 3 rings (SSSR count). The minimum absolute atomic E-state index is 0.0145. The molecule has 11 nitrogen and oxygen atoms in total. The average Bonchev–Trinajstić information content (AvgIpc) is 3.30. The average molecular weight is 538 g/mol. The van der Waals surface area contributed by atoms with Gasteiger partial charge in [0.25, 0.3) is 0 Å². The number of aliphatic carboxylic acids is 1. The van der Waals surface area contributed by atoms with Gasteiger partial charge in [0.2, 0.25) is 17.7 Å². The lowest BCUT2D eigenvalue weighted by Crippen LogP contribution is -2.57. The number of phenolic OH excluding ortho intramolecular Hbond substituents is 1. The lowest BCUT2D eigenvalue weighted by atomic mass is 10.00. The molecule has 39 heavy (non-hydrogen) atoms. The summed E-state index contributed by atoms with van der Waals surface area (Å²) in [6, 6.07) is 10.8. The fourth-order valence-corrected chi connectivity index (χ4v) is 4.25. The van der Waals surface area contributed by atoms with Crippen molar-refractivity contribution in [3.63, 3.8) is 0 Å². The van der Waals surface area contributed by atoms with Gasteiger partial charge in [0.15, 0.2) is 0 Å². The van der Waals surface area contributed by atoms with Crippen molar-refractivity contribution < 1.29 is 29.4 Å². The van der Waals surface area contributed by atoms with Crippen molar-refractivity contribution >= 4 is 34.6 Å². The van der Waals surface area contributed by atoms with E-state index in [1.165, 1.54) is 12.1 Å². The molecule has 0 aliphatic rings. The summed E-state index contributed by atoms with van der Waals surface area (Å²) in [5.41, 5.74) is 8.67. The number of benzene rings is 2. The summed E-state index contributed by atoms with van der Waals surface area (Å²) in [6.07, 6.45) is 2.36. The van der Waals surface area contributed by atoms with Crippen molar-refractivity contribution in [3.8, 4) is 5.75 Å². The summed E-state index contributed by atoms with van der Waals surface area (Å²) < 4.78 is 0. The van der Waals surface area contributed by atoms with Crippen LogP contribution < -0.4 is 21.7 Å². The van der Waals surface area contributed by atoms with Gasteiger partial charge < -0.3 is 36.9 Å². The van der Waals surface area contributed by atoms with E-state index in [-0.39, 0.29) is 30.9 Å². The van der Waals surface area contributed by atoms with Crippen LogP contribution in [0.25, 0.3) is 10.9 Å². The third kappa shape index (κ3) is 8.57. The van der Waals surface area contributed by atoms with Crippen LogP contribution in [0.5, 0.6) is 5.75 Å². The quantitative estimate of drug-likeness (QED) is 0.171. The zero-order chi connectivity index (χ0) is 28.5. The van der Waals surface area contributed by atoms with Crippen LogP contribution in [-0.2, 0) is 32.0 Å². The number of hydrogen-bond acceptors (Lipinski definition) is 6. The molecule has 3 unspecified atom stereocenters. The van der Waals surface area contributed by atoms with E-state index in [4.69, 9.17) is 10.8 Å². The van der Waals surface area contributed by atoms with Crippen LogP contribution in [0.3, 0.4) is 0 Å². The van der Waals surface area contributed by atoms with E-state index in [2.05, 4.69) is 20.9 Å². The number of aromatic amines is 1. The molecule has 0 radical (unpaired) electrons. The van der Waals surface area contributed by atoms with Gasteiger partial charge >= 0.3 is 5.97 Å². The molecule has 3 aromatic rings. The number of para-hydroxylation sites is 1. The van der Waals surface area contributed by atoms with Crippen LogP contribution in [0.2, 0.25) is 0 Å². The molecule has 3 amide bonds. The summed E-state index contributed by atoms with van der Waals surface area (Å²) in [6.45, 7) is 3.14. The third-order valence-electron chi connectivity index (χ3n) is 6.21. The molecule has 11 heteroatoms. The Kier molecular flexibility index (Phi) is 10.0. The first-order valence-corrected chi connectivity index (χ1v) is 12.7. The first-order valence-electron chi connectivity index (χ1n) is 12.7. The van der Waals surface area contributed by atoms with Crippen LogP contribution >= 0.6 is 0 Å². The first kappa shape index (κ1) is 29.2. The molecule has 0 bridgehead atoms. The van der Waals surface area contributed by atoms with E-state index in [9.17, 15) is 24.3 Å². The Bertz CT molecular complexity index is 1300. The minimum atomic E-state index is -1.21. The monoisotopic (exact) mass is 537 g/mol. The van der Waals surface area contributed by atoms with Gasteiger partial charge in [0, 0.05) is 23.5 Å². The molecule has 0 spiro atoms. The summed E-state index contributed by atoms with van der Waals surface area (Å²) in [5, 5.41) is 27.1. The molecule has 3 atom stereocenters. The minimum Gasteiger partial charge on any atom is -0.508 e. The molecule has 1 aromatic heterocycles. The summed E-state index contributed by atoms with van der Waals surface area (Å²) in [4.78, 5) is 53.2. The smallest absolute Gasteiger partial charge is 0.322 e. The van der Waals surface area contributed by atoms with Crippen molar-refractivity contribution in [2.45, 2.75) is 51.2 Å². The highest BCUT2D eigenvalue weighted by molar-refractivity contribution is 5.94. The van der Waals surface area contributed by atoms with Gasteiger partial charge in [-0.25, -0.2) is 0 Å². The number of nitrogens with two attached hydrogens (primary N) is 1. The fourth-order valence-electron chi connectivity index (χ4n) is 4.25. The maximum absolute atomic E-state index is 13.4. The largest absolute Gasteiger partial charge is 0.508 e. The fraction of sp³-hybridized carbons (Fsp3) is 0.357. The molecule has 2 aromatic carbocycles. The highest BCUT2D eigenvalue weighted by atomic mass is 16.4. The number of carbonyl (C=O) groups excluding carboxylic acids is 3. The van der Waals surface area contributed by atoms with E-state index in [0.29, 0.717) is 5.56 Å². The number of H-pyrrole nitrogens is 1. The van der Waals surface area contributed by atoms with Crippen molar-refractivity contribution in [3.05, 3.63) is 65.9 Å². The highest BCUT2D eigenvalue weighted by Gasteiger charge is 2.29. The van der Waals surface area contributed by atoms with E-state index in [1.54, 1.807) is 18.3 Å². The Balaban J connectivity index is 1.76. The second-order valence-corrected chi connectivity index (χ2v) is 9.90. The second-order valence-electron chi connectivity index (χ2n) is 9.90. The molecule has 0 aliphatic carbocycles. The molecule has 8 N–H and O–H groups in total. The Labute approximate surface area is 226 Å². The molecular weight excluding hydrogens is 502 g/mol. The highest BCUT2D eigenvalue weighted by Crippen LogP contribution is 2.19. The predicted molar refractivity (Wildman–Crippen MR) is 146 cm³/mol. The van der Waals surface area contributed by atoms with Crippen LogP contribution in [-0.4, -0.2) is 63.6 Å². The molecule has 208 valence electrons. The summed E-state index contributed by atoms with van der Waals surface area (Å²) in [5.74, 6) is -2.94. The number of amides is 3. The second kappa shape index (κ2) is 13.4. The predicted octanol–water partition coefficient (Wildman–Crippen LogP) is 1.20. The van der Waals surface area contributed by atoms with Crippen molar-refractivity contribution in [1.82, 2.24) is 20.9 Å². The number of aromatic hydroxyl groups is 1. The number of nitrogens with one attached hydrogen (secondary N) is 4. The van der Waals surface area contributed by atoms with Gasteiger partial charge in [-0.15, -0.1) is 0 Å². The Hall–Kier alpha value is -4.38. The van der Waals surface area contributed by atoms with E-state index < -0.39 is 48.4 Å². The first-order chi connectivity index (χ1) is 18.5. The molecular formula is C28H35N5O6. The maximum atomic E-state index is 13.4. The number of fused-ring (bicyclic) bond motifs is 1. The Morgan fingerprint density at radius 1 is 0.897 bits per heavy atom. The molecule has 0 saturated carbocycles. The van der Waals surface area contributed by atoms with Crippen molar-refractivity contribution in [2.24, 2.45) is 11.7 Å². The van der Waals surface area contributed by atoms with E-state index >= 15 is 0 Å². The number of carbonyl (C=O) groups is 4. The number of rotatable bonds is 13. The number of carboxylic acid groups (broad SMARTS) is 1. The standard InChI is InChI=1S/C28H35N5O6/c1-16(2)11-23(27(38)31-15-25(35)36)33-28(39)24(12-17-7-9-19(34)10-8-17)32-26(37)21(29)13-18-14-30-22-6-4-3-5-20(18)22/h3-10,14,16,21,23-24,30,34H,11-13,15,29H2,1-2H3,(H,31,38)(H,32,37)(H,33,39)(H,35,36). The number of carboxylic acids is 1. The zero-order valence-electron chi connectivity index (χ0n) is 21.9. The number of hydrogen-bond donors (Lipinski definition) is 7. The number of aromatic nitrogens is 1. The van der Waals surface area contributed by atoms with Gasteiger partial charge in [0.05, 0.1) is 6.04 Å². The van der Waals surface area contributed by atoms with Gasteiger partial charge in [-0.1, -0.05) is 44.2 Å². The van der Waals surface area contributed by atoms with Gasteiger partial charge in [-0.05, 0) is 48.1 Å². The van der Waals surface area contributed by atoms with Gasteiger partial charge in [0.1, 0.15) is 24.4 Å². The molecule has 0 aliphatic heterocycles. The summed E-state index contributed by atoms with van der Waals surface area (Å²) >= 11 is 0. The molecule has 0 saturated heterocycles. The lowest BCUT2D eigenvalue weighted by Gasteiger charge is -2.25. The van der Waals surface area contributed by atoms with Crippen LogP contribution in [0, 0.1) is 5.92 Å². The molecule has 1 heterocycles. The van der Waals surface area contributed by atoms with Crippen molar-refractivity contribution in [1.29, 1.82) is 0 Å². The topological polar surface area (TPSA) is 187 Å². The van der Waals surface area contributed by atoms with Crippen LogP contribution in [0.4, 0.5) is 0 Å². The van der Waals surface area contributed by atoms with Crippen molar-refractivity contribution in [2.75, 3.05) is 6.54 Å². The number of phenols is 1. The maximum Gasteiger partial charge on any atom is 0.322 e. The van der Waals surface area contributed by atoms with Crippen LogP contribution in [0.15, 0.2) is 54.7 Å². The van der Waals surface area contributed by atoms with E-state index in [1.807, 2.05) is 38.1 Å². The SMILES string of the molecule is CC(C)CC(NC(=O)C(Cc1ccc(O)cc1)NC(=O)C(N)Cc1c[nH]c2ccccc12)C(=O)NCC(=O)O.